The van der Waals surface area contributed by atoms with Gasteiger partial charge in [0.15, 0.2) is 0 Å². The molecule has 2 N–H and O–H groups in total. The molecule has 0 aromatic heterocycles. The number of ether oxygens (including phenoxy) is 1. The van der Waals surface area contributed by atoms with Gasteiger partial charge in [-0.3, -0.25) is 0 Å². The molecule has 0 atom stereocenters. The van der Waals surface area contributed by atoms with Gasteiger partial charge in [-0.15, -0.1) is 0 Å². The minimum atomic E-state index is 0.446. The van der Waals surface area contributed by atoms with Gasteiger partial charge in [0.25, 0.3) is 0 Å². The van der Waals surface area contributed by atoms with Gasteiger partial charge in [-0.1, -0.05) is 39.7 Å². The number of nitrogen functional groups attached to an aromatic ring is 1. The Hall–Kier alpha value is -1.19. The third kappa shape index (κ3) is 3.38. The van der Waals surface area contributed by atoms with Gasteiger partial charge in [-0.25, -0.2) is 0 Å². The highest BCUT2D eigenvalue weighted by atomic mass is 79.9. The lowest BCUT2D eigenvalue weighted by Crippen LogP contribution is -1.97. The van der Waals surface area contributed by atoms with Gasteiger partial charge in [-0.05, 0) is 35.9 Å². The van der Waals surface area contributed by atoms with E-state index < -0.39 is 0 Å². The summed E-state index contributed by atoms with van der Waals surface area (Å²) >= 11 is 9.40. The Morgan fingerprint density at radius 2 is 2.00 bits per heavy atom. The Balaban J connectivity index is 2.09. The summed E-state index contributed by atoms with van der Waals surface area (Å²) in [6.07, 6.45) is 0. The average Bonchev–Trinajstić information content (AvgIpc) is 2.30. The van der Waals surface area contributed by atoms with E-state index >= 15 is 0 Å². The molecule has 2 rings (SSSR count). The van der Waals surface area contributed by atoms with Crippen molar-refractivity contribution in [3.63, 3.8) is 0 Å². The number of anilines is 1. The zero-order chi connectivity index (χ0) is 12.3. The monoisotopic (exact) mass is 311 g/mol. The van der Waals surface area contributed by atoms with Crippen molar-refractivity contribution in [1.82, 2.24) is 0 Å². The first-order valence-electron chi connectivity index (χ1n) is 5.07. The molecule has 17 heavy (non-hydrogen) atoms. The zero-order valence-corrected chi connectivity index (χ0v) is 11.3. The molecule has 0 bridgehead atoms. The summed E-state index contributed by atoms with van der Waals surface area (Å²) in [5.74, 6) is 0.656. The molecular formula is C13H11BrClNO. The van der Waals surface area contributed by atoms with Crippen molar-refractivity contribution in [2.24, 2.45) is 0 Å². The number of halogens is 2. The summed E-state index contributed by atoms with van der Waals surface area (Å²) in [6, 6.07) is 13.1. The minimum Gasteiger partial charge on any atom is -0.487 e. The lowest BCUT2D eigenvalue weighted by Gasteiger charge is -2.08. The summed E-state index contributed by atoms with van der Waals surface area (Å²) < 4.78 is 6.58. The summed E-state index contributed by atoms with van der Waals surface area (Å²) in [6.45, 7) is 0.446. The van der Waals surface area contributed by atoms with E-state index in [1.165, 1.54) is 0 Å². The van der Waals surface area contributed by atoms with Gasteiger partial charge in [0.1, 0.15) is 12.4 Å². The fourth-order valence-electron chi connectivity index (χ4n) is 1.43. The number of benzene rings is 2. The highest BCUT2D eigenvalue weighted by Crippen LogP contribution is 2.28. The maximum Gasteiger partial charge on any atom is 0.139 e. The van der Waals surface area contributed by atoms with E-state index in [0.717, 1.165) is 15.7 Å². The van der Waals surface area contributed by atoms with Crippen LogP contribution in [0.1, 0.15) is 5.56 Å². The van der Waals surface area contributed by atoms with Gasteiger partial charge >= 0.3 is 0 Å². The van der Waals surface area contributed by atoms with E-state index in [2.05, 4.69) is 15.9 Å². The van der Waals surface area contributed by atoms with Gasteiger partial charge < -0.3 is 10.5 Å². The average molecular weight is 313 g/mol. The van der Waals surface area contributed by atoms with Crippen LogP contribution in [-0.2, 0) is 6.61 Å². The van der Waals surface area contributed by atoms with Crippen LogP contribution >= 0.6 is 27.5 Å². The summed E-state index contributed by atoms with van der Waals surface area (Å²) in [5, 5.41) is 0.595. The first-order chi connectivity index (χ1) is 8.15. The molecule has 0 unspecified atom stereocenters. The van der Waals surface area contributed by atoms with Crippen LogP contribution in [-0.4, -0.2) is 0 Å². The van der Waals surface area contributed by atoms with Gasteiger partial charge in [0.2, 0.25) is 0 Å². The highest BCUT2D eigenvalue weighted by molar-refractivity contribution is 9.10. The largest absolute Gasteiger partial charge is 0.487 e. The van der Waals surface area contributed by atoms with Crippen LogP contribution in [0.5, 0.6) is 5.75 Å². The van der Waals surface area contributed by atoms with Crippen molar-refractivity contribution in [3.8, 4) is 5.75 Å². The van der Waals surface area contributed by atoms with Crippen LogP contribution < -0.4 is 10.5 Å². The van der Waals surface area contributed by atoms with Crippen LogP contribution in [0, 0.1) is 0 Å². The summed E-state index contributed by atoms with van der Waals surface area (Å²) in [7, 11) is 0. The van der Waals surface area contributed by atoms with Crippen LogP contribution in [0.2, 0.25) is 5.02 Å². The fourth-order valence-corrected chi connectivity index (χ4v) is 1.94. The molecular weight excluding hydrogens is 302 g/mol. The van der Waals surface area contributed by atoms with E-state index in [0.29, 0.717) is 17.4 Å². The quantitative estimate of drug-likeness (QED) is 0.859. The number of hydrogen-bond donors (Lipinski definition) is 1. The molecule has 88 valence electrons. The molecule has 2 aromatic rings. The normalized spacial score (nSPS) is 10.2. The molecule has 0 spiro atoms. The van der Waals surface area contributed by atoms with E-state index in [-0.39, 0.29) is 0 Å². The second-order valence-corrected chi connectivity index (χ2v) is 4.93. The third-order valence-electron chi connectivity index (χ3n) is 2.24. The second kappa shape index (κ2) is 5.43. The van der Waals surface area contributed by atoms with Crippen molar-refractivity contribution in [1.29, 1.82) is 0 Å². The van der Waals surface area contributed by atoms with Crippen LogP contribution in [0.25, 0.3) is 0 Å². The molecule has 0 aliphatic carbocycles. The molecule has 0 saturated heterocycles. The van der Waals surface area contributed by atoms with Gasteiger partial charge in [0, 0.05) is 10.2 Å². The first-order valence-corrected chi connectivity index (χ1v) is 6.24. The number of nitrogens with two attached hydrogens (primary N) is 1. The Labute approximate surface area is 113 Å². The topological polar surface area (TPSA) is 35.2 Å². The van der Waals surface area contributed by atoms with Crippen molar-refractivity contribution < 1.29 is 4.74 Å². The molecule has 0 aliphatic heterocycles. The SMILES string of the molecule is Nc1cccc(COc2cc(Br)ccc2Cl)c1. The second-order valence-electron chi connectivity index (χ2n) is 3.61. The van der Waals surface area contributed by atoms with E-state index in [9.17, 15) is 0 Å². The standard InChI is InChI=1S/C13H11BrClNO/c14-10-4-5-12(15)13(7-10)17-8-9-2-1-3-11(16)6-9/h1-7H,8,16H2. The predicted molar refractivity (Wildman–Crippen MR) is 74.3 cm³/mol. The number of hydrogen-bond acceptors (Lipinski definition) is 2. The molecule has 0 radical (unpaired) electrons. The summed E-state index contributed by atoms with van der Waals surface area (Å²) in [4.78, 5) is 0. The van der Waals surface area contributed by atoms with E-state index in [1.807, 2.05) is 36.4 Å². The van der Waals surface area contributed by atoms with E-state index in [1.54, 1.807) is 6.07 Å². The minimum absolute atomic E-state index is 0.446. The van der Waals surface area contributed by atoms with E-state index in [4.69, 9.17) is 22.1 Å². The number of rotatable bonds is 3. The Morgan fingerprint density at radius 3 is 2.76 bits per heavy atom. The maximum atomic E-state index is 6.02. The predicted octanol–water partition coefficient (Wildman–Crippen LogP) is 4.26. The van der Waals surface area contributed by atoms with Gasteiger partial charge in [0.05, 0.1) is 5.02 Å². The molecule has 2 nitrogen and oxygen atoms in total. The van der Waals surface area contributed by atoms with Gasteiger partial charge in [-0.2, -0.15) is 0 Å². The highest BCUT2D eigenvalue weighted by Gasteiger charge is 2.03. The maximum absolute atomic E-state index is 6.02. The molecule has 0 amide bonds. The van der Waals surface area contributed by atoms with Crippen LogP contribution in [0.15, 0.2) is 46.9 Å². The van der Waals surface area contributed by atoms with Crippen molar-refractivity contribution >= 4 is 33.2 Å². The Bertz CT molecular complexity index is 531. The van der Waals surface area contributed by atoms with Crippen molar-refractivity contribution in [2.45, 2.75) is 6.61 Å². The lowest BCUT2D eigenvalue weighted by molar-refractivity contribution is 0.306. The Morgan fingerprint density at radius 1 is 1.18 bits per heavy atom. The molecule has 0 fully saturated rings. The zero-order valence-electron chi connectivity index (χ0n) is 8.99. The smallest absolute Gasteiger partial charge is 0.139 e. The Kier molecular flexibility index (Phi) is 3.92. The molecule has 2 aromatic carbocycles. The molecule has 0 heterocycles. The van der Waals surface area contributed by atoms with Crippen LogP contribution in [0.3, 0.4) is 0 Å². The molecule has 0 aliphatic rings. The summed E-state index contributed by atoms with van der Waals surface area (Å²) in [5.41, 5.74) is 7.44. The fraction of sp³-hybridized carbons (Fsp3) is 0.0769. The third-order valence-corrected chi connectivity index (χ3v) is 3.04. The lowest BCUT2D eigenvalue weighted by atomic mass is 10.2. The van der Waals surface area contributed by atoms with Crippen molar-refractivity contribution in [3.05, 3.63) is 57.5 Å². The van der Waals surface area contributed by atoms with Crippen LogP contribution in [0.4, 0.5) is 5.69 Å². The molecule has 0 saturated carbocycles. The van der Waals surface area contributed by atoms with Crippen molar-refractivity contribution in [2.75, 3.05) is 5.73 Å². The first kappa shape index (κ1) is 12.3. The molecule has 4 heteroatoms.